The average molecular weight is 333 g/mol. The first-order valence-electron chi connectivity index (χ1n) is 7.02. The van der Waals surface area contributed by atoms with Gasteiger partial charge in [-0.1, -0.05) is 23.5 Å². The Morgan fingerprint density at radius 2 is 2.30 bits per heavy atom. The minimum Gasteiger partial charge on any atom is -0.477 e. The number of hydrogen-bond donors (Lipinski definition) is 1. The molecule has 120 valence electrons. The molecule has 0 saturated heterocycles. The summed E-state index contributed by atoms with van der Waals surface area (Å²) in [4.78, 5) is 24.3. The number of amides is 1. The smallest absolute Gasteiger partial charge is 0.324 e. The monoisotopic (exact) mass is 333 g/mol. The maximum atomic E-state index is 11.9. The summed E-state index contributed by atoms with van der Waals surface area (Å²) in [6, 6.07) is 9.03. The number of carbonyl (C=O) groups excluding carboxylic acids is 1. The van der Waals surface area contributed by atoms with Gasteiger partial charge in [0, 0.05) is 25.0 Å². The van der Waals surface area contributed by atoms with E-state index in [2.05, 4.69) is 5.32 Å². The van der Waals surface area contributed by atoms with Gasteiger partial charge in [-0.3, -0.25) is 14.9 Å². The summed E-state index contributed by atoms with van der Waals surface area (Å²) in [5, 5.41) is 15.3. The van der Waals surface area contributed by atoms with Gasteiger partial charge < -0.3 is 15.0 Å². The molecule has 0 spiro atoms. The zero-order valence-electron chi connectivity index (χ0n) is 12.4. The van der Waals surface area contributed by atoms with Gasteiger partial charge in [0.15, 0.2) is 6.10 Å². The van der Waals surface area contributed by atoms with E-state index in [1.54, 1.807) is 18.5 Å². The number of likely N-dealkylation sites (N-methyl/N-ethyl adjacent to an activating group) is 1. The van der Waals surface area contributed by atoms with Crippen LogP contribution in [0.3, 0.4) is 0 Å². The van der Waals surface area contributed by atoms with E-state index in [1.807, 2.05) is 29.2 Å². The van der Waals surface area contributed by atoms with Gasteiger partial charge in [0.25, 0.3) is 5.91 Å². The van der Waals surface area contributed by atoms with Gasteiger partial charge in [-0.25, -0.2) is 0 Å². The van der Waals surface area contributed by atoms with Crippen LogP contribution in [-0.2, 0) is 11.3 Å². The predicted octanol–water partition coefficient (Wildman–Crippen LogP) is 2.17. The standard InChI is InChI=1S/C15H15N3O4S/c1-16-15(19)13-8-17(11-4-2-3-5-12(11)22-13)7-10-6-14(18(20)21)23-9-10/h2-6,9,13H,7-8H2,1H3,(H,16,19)/t13-/m1/s1. The summed E-state index contributed by atoms with van der Waals surface area (Å²) in [5.41, 5.74) is 1.72. The fraction of sp³-hybridized carbons (Fsp3) is 0.267. The summed E-state index contributed by atoms with van der Waals surface area (Å²) in [6.45, 7) is 0.874. The first-order valence-corrected chi connectivity index (χ1v) is 7.90. The lowest BCUT2D eigenvalue weighted by atomic mass is 10.1. The lowest BCUT2D eigenvalue weighted by Crippen LogP contribution is -2.47. The van der Waals surface area contributed by atoms with Crippen LogP contribution in [0.4, 0.5) is 10.7 Å². The van der Waals surface area contributed by atoms with E-state index in [0.29, 0.717) is 18.8 Å². The van der Waals surface area contributed by atoms with Crippen LogP contribution in [0.2, 0.25) is 0 Å². The Balaban J connectivity index is 1.86. The van der Waals surface area contributed by atoms with Gasteiger partial charge in [0.05, 0.1) is 17.2 Å². The number of nitrogens with zero attached hydrogens (tertiary/aromatic N) is 2. The van der Waals surface area contributed by atoms with E-state index in [9.17, 15) is 14.9 Å². The van der Waals surface area contributed by atoms with E-state index in [0.717, 1.165) is 22.6 Å². The maximum Gasteiger partial charge on any atom is 0.324 e. The van der Waals surface area contributed by atoms with Crippen molar-refractivity contribution in [3.05, 3.63) is 51.4 Å². The highest BCUT2D eigenvalue weighted by molar-refractivity contribution is 7.13. The SMILES string of the molecule is CNC(=O)[C@H]1CN(Cc2csc([N+](=O)[O-])c2)c2ccccc2O1. The number of nitro groups is 1. The molecule has 0 radical (unpaired) electrons. The highest BCUT2D eigenvalue weighted by Gasteiger charge is 2.30. The first-order chi connectivity index (χ1) is 11.1. The number of nitrogens with one attached hydrogen (secondary N) is 1. The highest BCUT2D eigenvalue weighted by Crippen LogP contribution is 2.35. The summed E-state index contributed by atoms with van der Waals surface area (Å²) in [6.07, 6.45) is -0.608. The molecular weight excluding hydrogens is 318 g/mol. The number of thiophene rings is 1. The van der Waals surface area contributed by atoms with Crippen molar-refractivity contribution in [3.63, 3.8) is 0 Å². The van der Waals surface area contributed by atoms with Crippen LogP contribution in [0.1, 0.15) is 5.56 Å². The number of fused-ring (bicyclic) bond motifs is 1. The van der Waals surface area contributed by atoms with Crippen molar-refractivity contribution in [2.75, 3.05) is 18.5 Å². The molecule has 1 aromatic carbocycles. The van der Waals surface area contributed by atoms with E-state index in [-0.39, 0.29) is 10.9 Å². The van der Waals surface area contributed by atoms with Crippen molar-refractivity contribution >= 4 is 27.9 Å². The predicted molar refractivity (Wildman–Crippen MR) is 86.9 cm³/mol. The summed E-state index contributed by atoms with van der Waals surface area (Å²) in [5.74, 6) is 0.442. The number of anilines is 1. The van der Waals surface area contributed by atoms with Crippen LogP contribution in [-0.4, -0.2) is 30.5 Å². The Bertz CT molecular complexity index is 746. The molecule has 1 aliphatic rings. The molecular formula is C15H15N3O4S. The van der Waals surface area contributed by atoms with E-state index in [1.165, 1.54) is 0 Å². The second kappa shape index (κ2) is 6.25. The Hall–Kier alpha value is -2.61. The summed E-state index contributed by atoms with van der Waals surface area (Å²) >= 11 is 1.10. The van der Waals surface area contributed by atoms with Gasteiger partial charge in [0.1, 0.15) is 5.75 Å². The molecule has 8 heteroatoms. The second-order valence-electron chi connectivity index (χ2n) is 5.12. The average Bonchev–Trinajstić information content (AvgIpc) is 3.03. The Morgan fingerprint density at radius 3 is 3.00 bits per heavy atom. The Kier molecular flexibility index (Phi) is 4.16. The van der Waals surface area contributed by atoms with Crippen LogP contribution < -0.4 is 15.0 Å². The van der Waals surface area contributed by atoms with Crippen molar-refractivity contribution < 1.29 is 14.5 Å². The van der Waals surface area contributed by atoms with Crippen molar-refractivity contribution in [2.45, 2.75) is 12.6 Å². The molecule has 1 atom stereocenters. The molecule has 1 aromatic heterocycles. The van der Waals surface area contributed by atoms with Gasteiger partial charge in [-0.2, -0.15) is 0 Å². The van der Waals surface area contributed by atoms with Crippen LogP contribution >= 0.6 is 11.3 Å². The third-order valence-corrected chi connectivity index (χ3v) is 4.52. The lowest BCUT2D eigenvalue weighted by molar-refractivity contribution is -0.380. The number of rotatable bonds is 4. The molecule has 0 fully saturated rings. The van der Waals surface area contributed by atoms with E-state index in [4.69, 9.17) is 4.74 Å². The van der Waals surface area contributed by atoms with Crippen LogP contribution in [0.15, 0.2) is 35.7 Å². The number of para-hydroxylation sites is 2. The zero-order chi connectivity index (χ0) is 16.4. The largest absolute Gasteiger partial charge is 0.477 e. The summed E-state index contributed by atoms with van der Waals surface area (Å²) < 4.78 is 5.74. The quantitative estimate of drug-likeness (QED) is 0.685. The molecule has 3 rings (SSSR count). The summed E-state index contributed by atoms with van der Waals surface area (Å²) in [7, 11) is 1.57. The fourth-order valence-corrected chi connectivity index (χ4v) is 3.24. The van der Waals surface area contributed by atoms with E-state index < -0.39 is 11.0 Å². The second-order valence-corrected chi connectivity index (χ2v) is 6.01. The van der Waals surface area contributed by atoms with Gasteiger partial charge in [0.2, 0.25) is 0 Å². The van der Waals surface area contributed by atoms with Crippen molar-refractivity contribution in [2.24, 2.45) is 0 Å². The van der Waals surface area contributed by atoms with Crippen molar-refractivity contribution in [3.8, 4) is 5.75 Å². The van der Waals surface area contributed by atoms with Gasteiger partial charge >= 0.3 is 5.00 Å². The van der Waals surface area contributed by atoms with Crippen molar-refractivity contribution in [1.82, 2.24) is 5.32 Å². The van der Waals surface area contributed by atoms with Crippen LogP contribution in [0, 0.1) is 10.1 Å². The Labute approximate surface area is 136 Å². The number of carbonyl (C=O) groups is 1. The molecule has 7 nitrogen and oxygen atoms in total. The van der Waals surface area contributed by atoms with Crippen molar-refractivity contribution in [1.29, 1.82) is 0 Å². The third-order valence-electron chi connectivity index (χ3n) is 3.59. The fourth-order valence-electron chi connectivity index (χ4n) is 2.52. The molecule has 2 aromatic rings. The number of benzene rings is 1. The number of ether oxygens (including phenoxy) is 1. The Morgan fingerprint density at radius 1 is 1.52 bits per heavy atom. The molecule has 1 N–H and O–H groups in total. The highest BCUT2D eigenvalue weighted by atomic mass is 32.1. The first kappa shape index (κ1) is 15.3. The van der Waals surface area contributed by atoms with Crippen LogP contribution in [0.5, 0.6) is 5.75 Å². The molecule has 0 aliphatic carbocycles. The molecule has 23 heavy (non-hydrogen) atoms. The number of hydrogen-bond acceptors (Lipinski definition) is 6. The molecule has 0 bridgehead atoms. The normalized spacial score (nSPS) is 16.4. The van der Waals surface area contributed by atoms with Gasteiger partial charge in [-0.15, -0.1) is 0 Å². The van der Waals surface area contributed by atoms with Crippen LogP contribution in [0.25, 0.3) is 0 Å². The molecule has 2 heterocycles. The molecule has 1 amide bonds. The van der Waals surface area contributed by atoms with Gasteiger partial charge in [-0.05, 0) is 17.7 Å². The zero-order valence-corrected chi connectivity index (χ0v) is 13.2. The molecule has 0 saturated carbocycles. The third kappa shape index (κ3) is 3.11. The minimum atomic E-state index is -0.608. The topological polar surface area (TPSA) is 84.7 Å². The minimum absolute atomic E-state index is 0.115. The lowest BCUT2D eigenvalue weighted by Gasteiger charge is -2.35. The van der Waals surface area contributed by atoms with E-state index >= 15 is 0 Å². The molecule has 0 unspecified atom stereocenters. The molecule has 1 aliphatic heterocycles. The maximum absolute atomic E-state index is 11.9.